The van der Waals surface area contributed by atoms with Crippen molar-refractivity contribution in [3.05, 3.63) is 48.5 Å². The monoisotopic (exact) mass is 298 g/mol. The number of rotatable bonds is 5. The molecule has 0 radical (unpaired) electrons. The first-order chi connectivity index (χ1) is 10.3. The summed E-state index contributed by atoms with van der Waals surface area (Å²) in [7, 11) is 0. The van der Waals surface area contributed by atoms with Crippen LogP contribution in [0.25, 0.3) is 11.1 Å². The number of hydrogen-bond acceptors (Lipinski definition) is 2. The third-order valence-corrected chi connectivity index (χ3v) is 3.07. The summed E-state index contributed by atoms with van der Waals surface area (Å²) in [4.78, 5) is 0. The molecule has 0 spiro atoms. The topological polar surface area (TPSA) is 18.5 Å². The highest BCUT2D eigenvalue weighted by Gasteiger charge is 2.11. The molecule has 22 heavy (non-hydrogen) atoms. The van der Waals surface area contributed by atoms with Crippen molar-refractivity contribution in [2.45, 2.75) is 40.7 Å². The Balaban J connectivity index is 2.10. The lowest BCUT2D eigenvalue weighted by atomic mass is 9.99. The molecule has 0 N–H and O–H groups in total. The maximum Gasteiger partial charge on any atom is 0.120 e. The Morgan fingerprint density at radius 3 is 2.14 bits per heavy atom. The van der Waals surface area contributed by atoms with E-state index >= 15 is 0 Å². The normalized spacial score (nSPS) is 11.5. The standard InChI is InChI=1S/C20H26O2/c1-15(2)22-19-8-6-7-17(13-19)16-9-11-18(12-10-16)21-14-20(3,4)5/h6-13,15H,14H2,1-5H3. The average molecular weight is 298 g/mol. The summed E-state index contributed by atoms with van der Waals surface area (Å²) in [6.45, 7) is 11.3. The van der Waals surface area contributed by atoms with Crippen LogP contribution in [-0.2, 0) is 0 Å². The van der Waals surface area contributed by atoms with Crippen LogP contribution >= 0.6 is 0 Å². The first kappa shape index (κ1) is 16.4. The number of benzene rings is 2. The second-order valence-electron chi connectivity index (χ2n) is 7.07. The van der Waals surface area contributed by atoms with Crippen LogP contribution in [-0.4, -0.2) is 12.7 Å². The second-order valence-corrected chi connectivity index (χ2v) is 7.07. The molecule has 2 aromatic rings. The summed E-state index contributed by atoms with van der Waals surface area (Å²) in [5.41, 5.74) is 2.49. The molecule has 0 aromatic heterocycles. The summed E-state index contributed by atoms with van der Waals surface area (Å²) >= 11 is 0. The molecule has 0 bridgehead atoms. The SMILES string of the molecule is CC(C)Oc1cccc(-c2ccc(OCC(C)(C)C)cc2)c1. The maximum atomic E-state index is 5.81. The van der Waals surface area contributed by atoms with E-state index in [1.807, 2.05) is 38.1 Å². The molecule has 0 amide bonds. The van der Waals surface area contributed by atoms with E-state index in [1.165, 1.54) is 0 Å². The van der Waals surface area contributed by atoms with Crippen molar-refractivity contribution in [3.63, 3.8) is 0 Å². The van der Waals surface area contributed by atoms with E-state index < -0.39 is 0 Å². The fraction of sp³-hybridized carbons (Fsp3) is 0.400. The zero-order chi connectivity index (χ0) is 16.2. The minimum absolute atomic E-state index is 0.168. The Morgan fingerprint density at radius 2 is 1.55 bits per heavy atom. The van der Waals surface area contributed by atoms with Crippen LogP contribution in [0.3, 0.4) is 0 Å². The van der Waals surface area contributed by atoms with Crippen molar-refractivity contribution < 1.29 is 9.47 Å². The quantitative estimate of drug-likeness (QED) is 0.719. The molecule has 0 fully saturated rings. The van der Waals surface area contributed by atoms with Gasteiger partial charge in [-0.3, -0.25) is 0 Å². The highest BCUT2D eigenvalue weighted by atomic mass is 16.5. The highest BCUT2D eigenvalue weighted by molar-refractivity contribution is 5.65. The predicted octanol–water partition coefficient (Wildman–Crippen LogP) is 5.57. The summed E-state index contributed by atoms with van der Waals surface area (Å²) in [6, 6.07) is 16.4. The second kappa shape index (κ2) is 6.87. The first-order valence-electron chi connectivity index (χ1n) is 7.83. The van der Waals surface area contributed by atoms with Gasteiger partial charge < -0.3 is 9.47 Å². The molecule has 0 heterocycles. The van der Waals surface area contributed by atoms with Crippen molar-refractivity contribution in [2.24, 2.45) is 5.41 Å². The highest BCUT2D eigenvalue weighted by Crippen LogP contribution is 2.27. The molecule has 2 aromatic carbocycles. The van der Waals surface area contributed by atoms with E-state index in [0.29, 0.717) is 6.61 Å². The van der Waals surface area contributed by atoms with E-state index in [0.717, 1.165) is 22.6 Å². The van der Waals surface area contributed by atoms with Crippen molar-refractivity contribution in [3.8, 4) is 22.6 Å². The third-order valence-electron chi connectivity index (χ3n) is 3.07. The van der Waals surface area contributed by atoms with Crippen molar-refractivity contribution >= 4 is 0 Å². The molecule has 0 saturated carbocycles. The predicted molar refractivity (Wildman–Crippen MR) is 92.6 cm³/mol. The van der Waals surface area contributed by atoms with Gasteiger partial charge in [-0.1, -0.05) is 45.0 Å². The fourth-order valence-corrected chi connectivity index (χ4v) is 2.06. The van der Waals surface area contributed by atoms with E-state index in [9.17, 15) is 0 Å². The fourth-order valence-electron chi connectivity index (χ4n) is 2.06. The van der Waals surface area contributed by atoms with Gasteiger partial charge in [0.15, 0.2) is 0 Å². The summed E-state index contributed by atoms with van der Waals surface area (Å²) in [5.74, 6) is 1.81. The van der Waals surface area contributed by atoms with Crippen LogP contribution in [0.4, 0.5) is 0 Å². The Hall–Kier alpha value is -1.96. The lowest BCUT2D eigenvalue weighted by Crippen LogP contribution is -2.16. The van der Waals surface area contributed by atoms with Crippen molar-refractivity contribution in [1.29, 1.82) is 0 Å². The summed E-state index contributed by atoms with van der Waals surface area (Å²) in [6.07, 6.45) is 0.184. The molecule has 0 unspecified atom stereocenters. The molecular formula is C20H26O2. The van der Waals surface area contributed by atoms with Crippen LogP contribution < -0.4 is 9.47 Å². The molecule has 2 heteroatoms. The van der Waals surface area contributed by atoms with Crippen LogP contribution in [0.1, 0.15) is 34.6 Å². The van der Waals surface area contributed by atoms with E-state index in [4.69, 9.17) is 9.47 Å². The average Bonchev–Trinajstić information content (AvgIpc) is 2.44. The van der Waals surface area contributed by atoms with Gasteiger partial charge in [-0.15, -0.1) is 0 Å². The molecule has 118 valence electrons. The molecule has 0 aliphatic rings. The Labute approximate surface area is 134 Å². The van der Waals surface area contributed by atoms with Crippen LogP contribution in [0.5, 0.6) is 11.5 Å². The lowest BCUT2D eigenvalue weighted by Gasteiger charge is -2.19. The molecule has 0 atom stereocenters. The Morgan fingerprint density at radius 1 is 0.864 bits per heavy atom. The van der Waals surface area contributed by atoms with Crippen molar-refractivity contribution in [2.75, 3.05) is 6.61 Å². The van der Waals surface area contributed by atoms with Gasteiger partial charge in [-0.2, -0.15) is 0 Å². The Bertz CT molecular complexity index is 592. The van der Waals surface area contributed by atoms with Gasteiger partial charge in [0.05, 0.1) is 12.7 Å². The molecular weight excluding hydrogens is 272 g/mol. The number of ether oxygens (including phenoxy) is 2. The van der Waals surface area contributed by atoms with E-state index in [-0.39, 0.29) is 11.5 Å². The minimum Gasteiger partial charge on any atom is -0.493 e. The molecule has 2 nitrogen and oxygen atoms in total. The number of hydrogen-bond donors (Lipinski definition) is 0. The third kappa shape index (κ3) is 5.10. The molecule has 0 saturated heterocycles. The van der Waals surface area contributed by atoms with Crippen LogP contribution in [0, 0.1) is 5.41 Å². The lowest BCUT2D eigenvalue weighted by molar-refractivity contribution is 0.198. The minimum atomic E-state index is 0.168. The van der Waals surface area contributed by atoms with Gasteiger partial charge >= 0.3 is 0 Å². The first-order valence-corrected chi connectivity index (χ1v) is 7.83. The van der Waals surface area contributed by atoms with Crippen LogP contribution in [0.2, 0.25) is 0 Å². The zero-order valence-corrected chi connectivity index (χ0v) is 14.2. The largest absolute Gasteiger partial charge is 0.493 e. The van der Waals surface area contributed by atoms with Gasteiger partial charge in [0.1, 0.15) is 11.5 Å². The van der Waals surface area contributed by atoms with Gasteiger partial charge in [-0.05, 0) is 54.7 Å². The van der Waals surface area contributed by atoms with E-state index in [1.54, 1.807) is 0 Å². The van der Waals surface area contributed by atoms with Gasteiger partial charge in [0.25, 0.3) is 0 Å². The van der Waals surface area contributed by atoms with Crippen molar-refractivity contribution in [1.82, 2.24) is 0 Å². The maximum absolute atomic E-state index is 5.81. The Kier molecular flexibility index (Phi) is 5.12. The summed E-state index contributed by atoms with van der Waals surface area (Å²) < 4.78 is 11.6. The molecule has 2 rings (SSSR count). The zero-order valence-electron chi connectivity index (χ0n) is 14.2. The van der Waals surface area contributed by atoms with Crippen LogP contribution in [0.15, 0.2) is 48.5 Å². The smallest absolute Gasteiger partial charge is 0.120 e. The van der Waals surface area contributed by atoms with Gasteiger partial charge in [0, 0.05) is 0 Å². The molecule has 0 aliphatic heterocycles. The van der Waals surface area contributed by atoms with Gasteiger partial charge in [0.2, 0.25) is 0 Å². The molecule has 0 aliphatic carbocycles. The van der Waals surface area contributed by atoms with E-state index in [2.05, 4.69) is 45.0 Å². The summed E-state index contributed by atoms with van der Waals surface area (Å²) in [5, 5.41) is 0. The van der Waals surface area contributed by atoms with Gasteiger partial charge in [-0.25, -0.2) is 0 Å².